The summed E-state index contributed by atoms with van der Waals surface area (Å²) in [7, 11) is 4.83. The quantitative estimate of drug-likeness (QED) is 0.816. The Kier molecular flexibility index (Phi) is 5.38. The number of amides is 1. The molecular formula is C19H21NO4S. The second-order valence-electron chi connectivity index (χ2n) is 5.53. The van der Waals surface area contributed by atoms with Crippen molar-refractivity contribution in [2.24, 2.45) is 0 Å². The lowest BCUT2D eigenvalue weighted by molar-refractivity contribution is 0.0756. The second kappa shape index (κ2) is 7.70. The van der Waals surface area contributed by atoms with Crippen molar-refractivity contribution in [3.05, 3.63) is 53.6 Å². The Balaban J connectivity index is 1.94. The molecule has 2 aromatic carbocycles. The number of hydrogen-bond donors (Lipinski definition) is 0. The van der Waals surface area contributed by atoms with Gasteiger partial charge in [-0.25, -0.2) is 0 Å². The molecule has 0 saturated carbocycles. The van der Waals surface area contributed by atoms with Gasteiger partial charge in [-0.1, -0.05) is 12.1 Å². The van der Waals surface area contributed by atoms with Gasteiger partial charge in [0, 0.05) is 23.9 Å². The van der Waals surface area contributed by atoms with E-state index in [0.717, 1.165) is 22.8 Å². The summed E-state index contributed by atoms with van der Waals surface area (Å²) >= 11 is 1.73. The highest BCUT2D eigenvalue weighted by molar-refractivity contribution is 7.99. The molecule has 1 aliphatic rings. The van der Waals surface area contributed by atoms with E-state index in [9.17, 15) is 4.79 Å². The number of carbonyl (C=O) groups excluding carboxylic acids is 1. The highest BCUT2D eigenvalue weighted by Gasteiger charge is 2.34. The van der Waals surface area contributed by atoms with E-state index >= 15 is 0 Å². The van der Waals surface area contributed by atoms with Gasteiger partial charge >= 0.3 is 0 Å². The summed E-state index contributed by atoms with van der Waals surface area (Å²) < 4.78 is 16.1. The van der Waals surface area contributed by atoms with Crippen LogP contribution >= 0.6 is 11.8 Å². The Bertz CT molecular complexity index is 765. The maximum Gasteiger partial charge on any atom is 0.258 e. The predicted molar refractivity (Wildman–Crippen MR) is 98.8 cm³/mol. The maximum atomic E-state index is 13.1. The normalized spacial score (nSPS) is 16.6. The standard InChI is InChI=1S/C19H21NO4S/c1-22-13-8-9-15(17(12-13)24-3)19-20(10-11-25-19)18(21)14-6-4-5-7-16(14)23-2/h4-9,12,19H,10-11H2,1-3H3/t19-/m1/s1. The molecule has 1 aliphatic heterocycles. The van der Waals surface area contributed by atoms with E-state index in [0.29, 0.717) is 17.9 Å². The van der Waals surface area contributed by atoms with Gasteiger partial charge in [0.15, 0.2) is 0 Å². The number of carbonyl (C=O) groups is 1. The monoisotopic (exact) mass is 359 g/mol. The fraction of sp³-hybridized carbons (Fsp3) is 0.316. The largest absolute Gasteiger partial charge is 0.497 e. The highest BCUT2D eigenvalue weighted by atomic mass is 32.2. The van der Waals surface area contributed by atoms with Gasteiger partial charge < -0.3 is 19.1 Å². The van der Waals surface area contributed by atoms with Crippen LogP contribution in [0.5, 0.6) is 17.2 Å². The summed E-state index contributed by atoms with van der Waals surface area (Å²) in [4.78, 5) is 15.0. The Hall–Kier alpha value is -2.34. The van der Waals surface area contributed by atoms with Crippen molar-refractivity contribution in [3.8, 4) is 17.2 Å². The number of nitrogens with zero attached hydrogens (tertiary/aromatic N) is 1. The number of benzene rings is 2. The number of thioether (sulfide) groups is 1. The summed E-state index contributed by atoms with van der Waals surface area (Å²) in [5.74, 6) is 2.87. The van der Waals surface area contributed by atoms with E-state index < -0.39 is 0 Å². The van der Waals surface area contributed by atoms with Gasteiger partial charge in [0.25, 0.3) is 5.91 Å². The number of hydrogen-bond acceptors (Lipinski definition) is 5. The minimum Gasteiger partial charge on any atom is -0.497 e. The predicted octanol–water partition coefficient (Wildman–Crippen LogP) is 3.60. The maximum absolute atomic E-state index is 13.1. The van der Waals surface area contributed by atoms with Crippen molar-refractivity contribution < 1.29 is 19.0 Å². The van der Waals surface area contributed by atoms with E-state index in [4.69, 9.17) is 14.2 Å². The lowest BCUT2D eigenvalue weighted by atomic mass is 10.1. The smallest absolute Gasteiger partial charge is 0.258 e. The molecule has 0 aliphatic carbocycles. The molecule has 132 valence electrons. The summed E-state index contributed by atoms with van der Waals surface area (Å²) in [5.41, 5.74) is 1.54. The van der Waals surface area contributed by atoms with E-state index in [1.165, 1.54) is 0 Å². The van der Waals surface area contributed by atoms with Crippen LogP contribution in [0.25, 0.3) is 0 Å². The van der Waals surface area contributed by atoms with Crippen LogP contribution in [-0.2, 0) is 0 Å². The Morgan fingerprint density at radius 1 is 1.04 bits per heavy atom. The van der Waals surface area contributed by atoms with Crippen molar-refractivity contribution in [3.63, 3.8) is 0 Å². The Morgan fingerprint density at radius 2 is 1.80 bits per heavy atom. The highest BCUT2D eigenvalue weighted by Crippen LogP contribution is 2.44. The van der Waals surface area contributed by atoms with Gasteiger partial charge in [0.05, 0.1) is 26.9 Å². The second-order valence-corrected chi connectivity index (χ2v) is 6.72. The SMILES string of the molecule is COc1ccc([C@H]2SCCN2C(=O)c2ccccc2OC)c(OC)c1. The zero-order chi connectivity index (χ0) is 17.8. The molecular weight excluding hydrogens is 338 g/mol. The topological polar surface area (TPSA) is 48.0 Å². The van der Waals surface area contributed by atoms with Crippen LogP contribution in [-0.4, -0.2) is 44.4 Å². The average Bonchev–Trinajstić information content (AvgIpc) is 3.16. The van der Waals surface area contributed by atoms with E-state index in [1.807, 2.05) is 35.2 Å². The molecule has 3 rings (SSSR count). The summed E-state index contributed by atoms with van der Waals surface area (Å²) in [6.45, 7) is 0.682. The third-order valence-corrected chi connectivity index (χ3v) is 5.44. The molecule has 2 aromatic rings. The van der Waals surface area contributed by atoms with Gasteiger partial charge in [-0.05, 0) is 24.3 Å². The zero-order valence-corrected chi connectivity index (χ0v) is 15.3. The third kappa shape index (κ3) is 3.39. The summed E-state index contributed by atoms with van der Waals surface area (Å²) in [5, 5.41) is -0.0988. The molecule has 5 nitrogen and oxygen atoms in total. The van der Waals surface area contributed by atoms with E-state index in [1.54, 1.807) is 45.2 Å². The van der Waals surface area contributed by atoms with Gasteiger partial charge in [0.1, 0.15) is 22.6 Å². The first-order valence-corrected chi connectivity index (χ1v) is 9.02. The first-order chi connectivity index (χ1) is 12.2. The fourth-order valence-electron chi connectivity index (χ4n) is 2.93. The molecule has 1 fully saturated rings. The zero-order valence-electron chi connectivity index (χ0n) is 14.5. The van der Waals surface area contributed by atoms with Crippen molar-refractivity contribution in [2.45, 2.75) is 5.37 Å². The molecule has 0 unspecified atom stereocenters. The average molecular weight is 359 g/mol. The third-order valence-electron chi connectivity index (χ3n) is 4.20. The van der Waals surface area contributed by atoms with Gasteiger partial charge in [-0.2, -0.15) is 0 Å². The molecule has 1 saturated heterocycles. The molecule has 0 radical (unpaired) electrons. The minimum atomic E-state index is -0.0988. The van der Waals surface area contributed by atoms with Crippen LogP contribution in [0, 0.1) is 0 Å². The Morgan fingerprint density at radius 3 is 2.52 bits per heavy atom. The van der Waals surface area contributed by atoms with Crippen molar-refractivity contribution in [1.82, 2.24) is 4.90 Å². The van der Waals surface area contributed by atoms with E-state index in [-0.39, 0.29) is 11.3 Å². The number of methoxy groups -OCH3 is 3. The number of ether oxygens (including phenoxy) is 3. The van der Waals surface area contributed by atoms with Crippen molar-refractivity contribution in [1.29, 1.82) is 0 Å². The number of rotatable bonds is 5. The summed E-state index contributed by atoms with van der Waals surface area (Å²) in [6, 6.07) is 13.0. The van der Waals surface area contributed by atoms with Gasteiger partial charge in [0.2, 0.25) is 0 Å². The fourth-order valence-corrected chi connectivity index (χ4v) is 4.21. The van der Waals surface area contributed by atoms with Crippen molar-refractivity contribution >= 4 is 17.7 Å². The van der Waals surface area contributed by atoms with E-state index in [2.05, 4.69) is 0 Å². The lowest BCUT2D eigenvalue weighted by Gasteiger charge is -2.26. The van der Waals surface area contributed by atoms with Gasteiger partial charge in [-0.3, -0.25) is 4.79 Å². The lowest BCUT2D eigenvalue weighted by Crippen LogP contribution is -2.30. The first-order valence-electron chi connectivity index (χ1n) is 7.97. The van der Waals surface area contributed by atoms with Crippen LogP contribution < -0.4 is 14.2 Å². The molecule has 6 heteroatoms. The van der Waals surface area contributed by atoms with Crippen LogP contribution in [0.4, 0.5) is 0 Å². The molecule has 25 heavy (non-hydrogen) atoms. The summed E-state index contributed by atoms with van der Waals surface area (Å²) in [6.07, 6.45) is 0. The molecule has 1 atom stereocenters. The molecule has 1 amide bonds. The molecule has 0 spiro atoms. The Labute approximate surface area is 151 Å². The first kappa shape index (κ1) is 17.5. The molecule has 0 N–H and O–H groups in total. The van der Waals surface area contributed by atoms with Crippen molar-refractivity contribution in [2.75, 3.05) is 33.6 Å². The number of para-hydroxylation sites is 1. The molecule has 0 bridgehead atoms. The minimum absolute atomic E-state index is 0.0367. The van der Waals surface area contributed by atoms with Crippen LogP contribution in [0.3, 0.4) is 0 Å². The molecule has 0 aromatic heterocycles. The van der Waals surface area contributed by atoms with Crippen LogP contribution in [0.1, 0.15) is 21.3 Å². The van der Waals surface area contributed by atoms with Gasteiger partial charge in [-0.15, -0.1) is 11.8 Å². The van der Waals surface area contributed by atoms with Crippen LogP contribution in [0.15, 0.2) is 42.5 Å². The van der Waals surface area contributed by atoms with Crippen LogP contribution in [0.2, 0.25) is 0 Å². The molecule has 1 heterocycles.